The summed E-state index contributed by atoms with van der Waals surface area (Å²) in [5.74, 6) is -0.684. The van der Waals surface area contributed by atoms with Crippen LogP contribution in [-0.4, -0.2) is 94.7 Å². The minimum absolute atomic E-state index is 0.0160. The van der Waals surface area contributed by atoms with E-state index >= 15 is 0 Å². The summed E-state index contributed by atoms with van der Waals surface area (Å²) in [7, 11) is 0. The molecule has 0 bridgehead atoms. The highest BCUT2D eigenvalue weighted by Gasteiger charge is 2.49. The van der Waals surface area contributed by atoms with Crippen molar-refractivity contribution in [3.63, 3.8) is 0 Å². The minimum Gasteiger partial charge on any atom is -0.449 e. The van der Waals surface area contributed by atoms with Gasteiger partial charge in [0.1, 0.15) is 37.0 Å². The van der Waals surface area contributed by atoms with Gasteiger partial charge in [0.25, 0.3) is 0 Å². The number of hydrogen-bond donors (Lipinski definition) is 5. The molecule has 0 aromatic heterocycles. The molecule has 1 saturated heterocycles. The largest absolute Gasteiger partial charge is 0.449 e. The third-order valence-corrected chi connectivity index (χ3v) is 10.2. The molecule has 12 nitrogen and oxygen atoms in total. The minimum atomic E-state index is -1.59. The molecule has 0 spiro atoms. The van der Waals surface area contributed by atoms with Crippen LogP contribution in [0, 0.1) is 0 Å². The van der Waals surface area contributed by atoms with Gasteiger partial charge in [0, 0.05) is 6.54 Å². The van der Waals surface area contributed by atoms with Gasteiger partial charge in [-0.1, -0.05) is 160 Å². The first-order valence-electron chi connectivity index (χ1n) is 21.1. The highest BCUT2D eigenvalue weighted by Crippen LogP contribution is 2.26. The number of ether oxygens (including phenoxy) is 3. The maximum absolute atomic E-state index is 13.7. The molecule has 310 valence electrons. The molecular weight excluding hydrogens is 690 g/mol. The second-order valence-corrected chi connectivity index (χ2v) is 14.9. The van der Waals surface area contributed by atoms with E-state index in [2.05, 4.69) is 24.5 Å². The number of carbonyl (C=O) groups is 3. The van der Waals surface area contributed by atoms with Crippen LogP contribution in [0.2, 0.25) is 0 Å². The van der Waals surface area contributed by atoms with Gasteiger partial charge in [-0.15, -0.1) is 0 Å². The Labute approximate surface area is 325 Å². The molecule has 1 heterocycles. The molecule has 0 saturated carbocycles. The molecule has 1 fully saturated rings. The van der Waals surface area contributed by atoms with Gasteiger partial charge in [-0.2, -0.15) is 0 Å². The van der Waals surface area contributed by atoms with Crippen molar-refractivity contribution in [3.05, 3.63) is 35.9 Å². The molecule has 1 aromatic carbocycles. The summed E-state index contributed by atoms with van der Waals surface area (Å²) < 4.78 is 17.0. The van der Waals surface area contributed by atoms with Crippen molar-refractivity contribution in [1.82, 2.24) is 15.5 Å². The molecule has 0 aliphatic carbocycles. The Balaban J connectivity index is 2.04. The Bertz CT molecular complexity index is 1130. The van der Waals surface area contributed by atoms with Gasteiger partial charge in [0.15, 0.2) is 6.23 Å². The van der Waals surface area contributed by atoms with Crippen molar-refractivity contribution < 1.29 is 43.9 Å². The van der Waals surface area contributed by atoms with Crippen LogP contribution in [-0.2, 0) is 25.6 Å². The Hall–Kier alpha value is -2.93. The van der Waals surface area contributed by atoms with Gasteiger partial charge >= 0.3 is 12.2 Å². The summed E-state index contributed by atoms with van der Waals surface area (Å²) in [5.41, 5.74) is 0.782. The van der Waals surface area contributed by atoms with Crippen molar-refractivity contribution in [2.75, 3.05) is 19.8 Å². The van der Waals surface area contributed by atoms with Crippen LogP contribution in [0.3, 0.4) is 0 Å². The van der Waals surface area contributed by atoms with E-state index in [1.807, 2.05) is 30.3 Å². The topological polar surface area (TPSA) is 167 Å². The predicted molar refractivity (Wildman–Crippen MR) is 211 cm³/mol. The lowest BCUT2D eigenvalue weighted by Gasteiger charge is -2.46. The molecule has 1 aliphatic heterocycles. The van der Waals surface area contributed by atoms with Crippen LogP contribution in [0.25, 0.3) is 0 Å². The van der Waals surface area contributed by atoms with Crippen LogP contribution in [0.15, 0.2) is 30.3 Å². The lowest BCUT2D eigenvalue weighted by Crippen LogP contribution is -2.69. The van der Waals surface area contributed by atoms with Crippen LogP contribution >= 0.6 is 0 Å². The first-order chi connectivity index (χ1) is 26.2. The van der Waals surface area contributed by atoms with Gasteiger partial charge in [-0.05, 0) is 25.3 Å². The van der Waals surface area contributed by atoms with Gasteiger partial charge in [0.2, 0.25) is 5.91 Å². The molecule has 6 atom stereocenters. The lowest BCUT2D eigenvalue weighted by atomic mass is 9.95. The zero-order valence-corrected chi connectivity index (χ0v) is 33.6. The fourth-order valence-electron chi connectivity index (χ4n) is 6.74. The number of alkyl carbamates (subject to hydrolysis) is 1. The highest BCUT2D eigenvalue weighted by atomic mass is 16.6. The van der Waals surface area contributed by atoms with E-state index in [0.717, 1.165) is 44.1 Å². The Morgan fingerprint density at radius 1 is 0.741 bits per heavy atom. The number of nitrogens with zero attached hydrogens (tertiary/aromatic N) is 1. The number of rotatable bonds is 29. The summed E-state index contributed by atoms with van der Waals surface area (Å²) in [6, 6.07) is 6.74. The summed E-state index contributed by atoms with van der Waals surface area (Å²) in [4.78, 5) is 40.9. The zero-order chi connectivity index (χ0) is 39.4. The molecule has 12 heteroatoms. The van der Waals surface area contributed by atoms with Crippen molar-refractivity contribution in [3.8, 4) is 0 Å². The standard InChI is InChI=1S/C42H73N3O9/c1-4-6-8-10-12-14-16-18-20-25-29-45(42(51)52-30-26-21-19-17-15-13-11-9-7-5-2)40-36(38(48)37(47)35(31-46)54-40)44-39(49)33(3)43-41(50)53-32-34-27-23-22-24-28-34/h22-24,27-28,33,35-38,40,46-48H,4-21,25-26,29-32H2,1-3H3,(H,43,50)(H,44,49)/t33-,35+,36+,37+,38+,40+/m0/s1. The van der Waals surface area contributed by atoms with Crippen molar-refractivity contribution >= 4 is 18.1 Å². The van der Waals surface area contributed by atoms with E-state index in [1.165, 1.54) is 88.9 Å². The maximum atomic E-state index is 13.7. The third kappa shape index (κ3) is 19.1. The van der Waals surface area contributed by atoms with Crippen LogP contribution in [0.1, 0.15) is 155 Å². The van der Waals surface area contributed by atoms with Crippen LogP contribution in [0.4, 0.5) is 9.59 Å². The summed E-state index contributed by atoms with van der Waals surface area (Å²) in [6.07, 6.45) is 15.4. The van der Waals surface area contributed by atoms with E-state index in [4.69, 9.17) is 14.2 Å². The van der Waals surface area contributed by atoms with E-state index in [0.29, 0.717) is 12.8 Å². The first-order valence-corrected chi connectivity index (χ1v) is 21.1. The summed E-state index contributed by atoms with van der Waals surface area (Å²) in [6.45, 7) is 5.74. The molecule has 5 N–H and O–H groups in total. The second kappa shape index (κ2) is 29.4. The molecular formula is C42H73N3O9. The monoisotopic (exact) mass is 764 g/mol. The zero-order valence-electron chi connectivity index (χ0n) is 33.6. The fourth-order valence-corrected chi connectivity index (χ4v) is 6.74. The van der Waals surface area contributed by atoms with E-state index < -0.39 is 61.3 Å². The fraction of sp³-hybridized carbons (Fsp3) is 0.786. The average Bonchev–Trinajstić information content (AvgIpc) is 3.17. The quantitative estimate of drug-likeness (QED) is 0.0519. The number of benzene rings is 1. The lowest BCUT2D eigenvalue weighted by molar-refractivity contribution is -0.226. The number of hydrogen-bond acceptors (Lipinski definition) is 9. The second-order valence-electron chi connectivity index (χ2n) is 14.9. The smallest absolute Gasteiger partial charge is 0.411 e. The highest BCUT2D eigenvalue weighted by molar-refractivity contribution is 5.85. The molecule has 54 heavy (non-hydrogen) atoms. The summed E-state index contributed by atoms with van der Waals surface area (Å²) in [5, 5.41) is 37.2. The summed E-state index contributed by atoms with van der Waals surface area (Å²) >= 11 is 0. The van der Waals surface area contributed by atoms with Crippen LogP contribution in [0.5, 0.6) is 0 Å². The Morgan fingerprint density at radius 2 is 1.26 bits per heavy atom. The normalized spacial score (nSPS) is 20.2. The van der Waals surface area contributed by atoms with Gasteiger partial charge in [-0.3, -0.25) is 9.69 Å². The number of nitrogens with one attached hydrogen (secondary N) is 2. The Kier molecular flexibility index (Phi) is 25.7. The predicted octanol–water partition coefficient (Wildman–Crippen LogP) is 7.51. The number of aliphatic hydroxyl groups is 3. The molecule has 0 unspecified atom stereocenters. The van der Waals surface area contributed by atoms with E-state index in [1.54, 1.807) is 0 Å². The third-order valence-electron chi connectivity index (χ3n) is 10.2. The van der Waals surface area contributed by atoms with Gasteiger partial charge in [0.05, 0.1) is 13.2 Å². The number of unbranched alkanes of at least 4 members (excludes halogenated alkanes) is 18. The molecule has 2 rings (SSSR count). The number of aliphatic hydroxyl groups excluding tert-OH is 3. The van der Waals surface area contributed by atoms with Crippen molar-refractivity contribution in [2.45, 2.75) is 192 Å². The Morgan fingerprint density at radius 3 is 1.80 bits per heavy atom. The first kappa shape index (κ1) is 47.2. The molecule has 3 amide bonds. The van der Waals surface area contributed by atoms with Crippen LogP contribution < -0.4 is 10.6 Å². The molecule has 1 aliphatic rings. The van der Waals surface area contributed by atoms with Gasteiger partial charge < -0.3 is 40.2 Å². The van der Waals surface area contributed by atoms with E-state index in [-0.39, 0.29) is 19.8 Å². The SMILES string of the molecule is CCCCCCCCCCCCOC(=O)N(CCCCCCCCCCCC)[C@@H]1O[C@H](CO)[C@@H](O)[C@H](O)[C@H]1NC(=O)[C@H](C)NC(=O)OCc1ccccc1. The average molecular weight is 764 g/mol. The van der Waals surface area contributed by atoms with Crippen molar-refractivity contribution in [1.29, 1.82) is 0 Å². The number of carbonyl (C=O) groups excluding carboxylic acids is 3. The maximum Gasteiger partial charge on any atom is 0.411 e. The van der Waals surface area contributed by atoms with Crippen molar-refractivity contribution in [2.24, 2.45) is 0 Å². The molecule has 0 radical (unpaired) electrons. The molecule has 1 aromatic rings. The van der Waals surface area contributed by atoms with Gasteiger partial charge in [-0.25, -0.2) is 9.59 Å². The number of amides is 3. The van der Waals surface area contributed by atoms with E-state index in [9.17, 15) is 29.7 Å².